The molecule has 2 aromatic rings. The first-order valence-corrected chi connectivity index (χ1v) is 9.38. The molecule has 0 bridgehead atoms. The predicted octanol–water partition coefficient (Wildman–Crippen LogP) is 2.14. The van der Waals surface area contributed by atoms with Crippen LogP contribution in [0.1, 0.15) is 54.3 Å². The third-order valence-corrected chi connectivity index (χ3v) is 5.88. The smallest absolute Gasteiger partial charge is 0.374 e. The number of nitriles is 1. The molecule has 3 rings (SSSR count). The summed E-state index contributed by atoms with van der Waals surface area (Å²) in [5.41, 5.74) is 1.25. The number of nitrogens with two attached hydrogens (primary N) is 1. The molecule has 3 heterocycles. The van der Waals surface area contributed by atoms with Gasteiger partial charge in [0.2, 0.25) is 5.76 Å². The molecule has 1 aliphatic heterocycles. The molecule has 0 atom stereocenters. The third-order valence-electron chi connectivity index (χ3n) is 4.40. The number of anilines is 1. The second-order valence-electron chi connectivity index (χ2n) is 7.86. The fraction of sp³-hybridized carbons (Fsp3) is 0.421. The lowest BCUT2D eigenvalue weighted by Gasteiger charge is -2.38. The summed E-state index contributed by atoms with van der Waals surface area (Å²) < 4.78 is 9.87. The quantitative estimate of drug-likeness (QED) is 0.780. The molecule has 8 heteroatoms. The fourth-order valence-corrected chi connectivity index (χ4v) is 4.93. The summed E-state index contributed by atoms with van der Waals surface area (Å²) in [5.74, 6) is -1.17. The Hall–Kier alpha value is -2.63. The van der Waals surface area contributed by atoms with Gasteiger partial charge in [0, 0.05) is 6.42 Å². The molecule has 3 N–H and O–H groups in total. The Labute approximate surface area is 161 Å². The Morgan fingerprint density at radius 3 is 2.78 bits per heavy atom. The van der Waals surface area contributed by atoms with Gasteiger partial charge in [0.25, 0.3) is 5.91 Å². The Kier molecular flexibility index (Phi) is 4.84. The van der Waals surface area contributed by atoms with Crippen LogP contribution in [-0.4, -0.2) is 24.0 Å². The van der Waals surface area contributed by atoms with E-state index >= 15 is 0 Å². The van der Waals surface area contributed by atoms with Crippen LogP contribution in [0.25, 0.3) is 0 Å². The summed E-state index contributed by atoms with van der Waals surface area (Å²) in [5, 5.41) is 15.2. The van der Waals surface area contributed by atoms with E-state index in [-0.39, 0.29) is 16.8 Å². The lowest BCUT2D eigenvalue weighted by Crippen LogP contribution is -3.03. The first-order valence-electron chi connectivity index (χ1n) is 8.57. The molecular formula is C19H22N3O4S+. The van der Waals surface area contributed by atoms with Crippen molar-refractivity contribution < 1.29 is 24.1 Å². The summed E-state index contributed by atoms with van der Waals surface area (Å²) >= 11 is 1.41. The monoisotopic (exact) mass is 388 g/mol. The number of quaternary nitrogens is 1. The van der Waals surface area contributed by atoms with Crippen molar-refractivity contribution >= 4 is 28.2 Å². The van der Waals surface area contributed by atoms with E-state index in [9.17, 15) is 14.9 Å². The Morgan fingerprint density at radius 1 is 1.41 bits per heavy atom. The first kappa shape index (κ1) is 19.1. The van der Waals surface area contributed by atoms with Crippen LogP contribution in [0.2, 0.25) is 0 Å². The zero-order chi connectivity index (χ0) is 19.8. The molecule has 0 fully saturated rings. The highest BCUT2D eigenvalue weighted by molar-refractivity contribution is 7.16. The SMILES string of the molecule is CC1(C)Cc2c(sc(NC(=O)COC(=O)c3ccco3)c2C#N)C(C)(C)[NH2+]1. The standard InChI is InChI=1S/C19H21N3O4S/c1-18(2)8-11-12(9-20)16(27-15(11)19(3,4)22-18)21-14(23)10-26-17(24)13-6-5-7-25-13/h5-7,22H,8,10H2,1-4H3,(H,21,23)/p+1. The number of nitrogens with one attached hydrogen (secondary N) is 1. The summed E-state index contributed by atoms with van der Waals surface area (Å²) in [6, 6.07) is 5.25. The predicted molar refractivity (Wildman–Crippen MR) is 99.4 cm³/mol. The van der Waals surface area contributed by atoms with Crippen LogP contribution in [0.5, 0.6) is 0 Å². The number of ether oxygens (including phenoxy) is 1. The van der Waals surface area contributed by atoms with E-state index in [1.165, 1.54) is 23.7 Å². The van der Waals surface area contributed by atoms with Gasteiger partial charge in [-0.15, -0.1) is 11.3 Å². The van der Waals surface area contributed by atoms with Crippen LogP contribution in [0.4, 0.5) is 5.00 Å². The first-order chi connectivity index (χ1) is 12.6. The van der Waals surface area contributed by atoms with Gasteiger partial charge < -0.3 is 19.8 Å². The third kappa shape index (κ3) is 3.89. The fourth-order valence-electron chi connectivity index (χ4n) is 3.67. The van der Waals surface area contributed by atoms with Crippen LogP contribution in [0.15, 0.2) is 22.8 Å². The van der Waals surface area contributed by atoms with E-state index in [2.05, 4.69) is 44.4 Å². The molecule has 0 spiro atoms. The van der Waals surface area contributed by atoms with Gasteiger partial charge >= 0.3 is 5.97 Å². The molecule has 27 heavy (non-hydrogen) atoms. The van der Waals surface area contributed by atoms with Crippen LogP contribution >= 0.6 is 11.3 Å². The van der Waals surface area contributed by atoms with Gasteiger partial charge in [0.1, 0.15) is 16.6 Å². The highest BCUT2D eigenvalue weighted by Gasteiger charge is 2.44. The molecule has 7 nitrogen and oxygen atoms in total. The lowest BCUT2D eigenvalue weighted by atomic mass is 9.81. The van der Waals surface area contributed by atoms with Crippen molar-refractivity contribution in [1.82, 2.24) is 0 Å². The number of rotatable bonds is 4. The second kappa shape index (κ2) is 6.83. The average molecular weight is 388 g/mol. The maximum absolute atomic E-state index is 12.2. The van der Waals surface area contributed by atoms with E-state index in [0.29, 0.717) is 10.6 Å². The molecule has 142 valence electrons. The second-order valence-corrected chi connectivity index (χ2v) is 8.88. The Morgan fingerprint density at radius 2 is 2.15 bits per heavy atom. The number of esters is 1. The molecule has 0 unspecified atom stereocenters. The number of nitrogens with zero attached hydrogens (tertiary/aromatic N) is 1. The minimum Gasteiger partial charge on any atom is -0.457 e. The number of hydrogen-bond donors (Lipinski definition) is 2. The van der Waals surface area contributed by atoms with Gasteiger partial charge in [0.15, 0.2) is 6.61 Å². The summed E-state index contributed by atoms with van der Waals surface area (Å²) in [6.45, 7) is 8.06. The van der Waals surface area contributed by atoms with Crippen molar-refractivity contribution in [3.8, 4) is 6.07 Å². The van der Waals surface area contributed by atoms with E-state index < -0.39 is 18.5 Å². The largest absolute Gasteiger partial charge is 0.457 e. The van der Waals surface area contributed by atoms with Crippen molar-refractivity contribution in [1.29, 1.82) is 5.26 Å². The molecule has 0 saturated heterocycles. The number of amides is 1. The topological polar surface area (TPSA) is 109 Å². The van der Waals surface area contributed by atoms with Crippen LogP contribution < -0.4 is 10.6 Å². The average Bonchev–Trinajstić information content (AvgIpc) is 3.19. The van der Waals surface area contributed by atoms with Crippen LogP contribution in [0, 0.1) is 11.3 Å². The molecular weight excluding hydrogens is 366 g/mol. The van der Waals surface area contributed by atoms with Crippen molar-refractivity contribution in [3.05, 3.63) is 40.2 Å². The minimum atomic E-state index is -0.710. The van der Waals surface area contributed by atoms with Gasteiger partial charge in [-0.25, -0.2) is 4.79 Å². The van der Waals surface area contributed by atoms with Crippen molar-refractivity contribution in [2.24, 2.45) is 0 Å². The molecule has 0 aromatic carbocycles. The van der Waals surface area contributed by atoms with E-state index in [0.717, 1.165) is 16.9 Å². The van der Waals surface area contributed by atoms with Gasteiger partial charge in [-0.05, 0) is 45.4 Å². The number of carbonyl (C=O) groups is 2. The van der Waals surface area contributed by atoms with Crippen LogP contribution in [0.3, 0.4) is 0 Å². The van der Waals surface area contributed by atoms with Gasteiger partial charge in [-0.1, -0.05) is 0 Å². The number of thiophene rings is 1. The van der Waals surface area contributed by atoms with Gasteiger partial charge in [-0.2, -0.15) is 5.26 Å². The van der Waals surface area contributed by atoms with Crippen molar-refractivity contribution in [2.75, 3.05) is 11.9 Å². The molecule has 0 aliphatic carbocycles. The van der Waals surface area contributed by atoms with Crippen LogP contribution in [-0.2, 0) is 21.5 Å². The molecule has 2 aromatic heterocycles. The lowest BCUT2D eigenvalue weighted by molar-refractivity contribution is -0.789. The van der Waals surface area contributed by atoms with E-state index in [4.69, 9.17) is 9.15 Å². The maximum Gasteiger partial charge on any atom is 0.374 e. The van der Waals surface area contributed by atoms with Crippen molar-refractivity contribution in [2.45, 2.75) is 45.2 Å². The van der Waals surface area contributed by atoms with Gasteiger partial charge in [-0.3, -0.25) is 4.79 Å². The number of furan rings is 1. The Bertz CT molecular complexity index is 920. The summed E-state index contributed by atoms with van der Waals surface area (Å²) in [7, 11) is 0. The molecule has 0 saturated carbocycles. The number of carbonyl (C=O) groups excluding carboxylic acids is 2. The summed E-state index contributed by atoms with van der Waals surface area (Å²) in [4.78, 5) is 25.1. The van der Waals surface area contributed by atoms with Gasteiger partial charge in [0.05, 0.1) is 22.2 Å². The highest BCUT2D eigenvalue weighted by Crippen LogP contribution is 2.41. The molecule has 1 aliphatic rings. The zero-order valence-corrected chi connectivity index (χ0v) is 16.5. The molecule has 0 radical (unpaired) electrons. The number of hydrogen-bond acceptors (Lipinski definition) is 6. The molecule has 1 amide bonds. The van der Waals surface area contributed by atoms with E-state index in [1.807, 2.05) is 0 Å². The number of fused-ring (bicyclic) bond motifs is 1. The highest BCUT2D eigenvalue weighted by atomic mass is 32.1. The minimum absolute atomic E-state index is 0.0339. The summed E-state index contributed by atoms with van der Waals surface area (Å²) in [6.07, 6.45) is 2.10. The Balaban J connectivity index is 1.76. The zero-order valence-electron chi connectivity index (χ0n) is 15.7. The maximum atomic E-state index is 12.2. The van der Waals surface area contributed by atoms with Crippen molar-refractivity contribution in [3.63, 3.8) is 0 Å². The van der Waals surface area contributed by atoms with E-state index in [1.54, 1.807) is 6.07 Å². The normalized spacial score (nSPS) is 16.9.